The van der Waals surface area contributed by atoms with Crippen LogP contribution in [0.3, 0.4) is 0 Å². The number of carbonyl (C=O) groups is 1. The van der Waals surface area contributed by atoms with Crippen molar-refractivity contribution >= 4 is 11.6 Å². The van der Waals surface area contributed by atoms with E-state index in [1.165, 1.54) is 0 Å². The molecule has 1 aromatic carbocycles. The predicted octanol–water partition coefficient (Wildman–Crippen LogP) is 0.343. The zero-order valence-corrected chi connectivity index (χ0v) is 10.1. The molecule has 1 saturated heterocycles. The molecule has 0 unspecified atom stereocenters. The molecule has 0 atom stereocenters. The third-order valence-corrected chi connectivity index (χ3v) is 3.02. The van der Waals surface area contributed by atoms with E-state index in [2.05, 4.69) is 11.4 Å². The van der Waals surface area contributed by atoms with E-state index in [9.17, 15) is 10.1 Å². The molecule has 1 heterocycles. The molecule has 1 aliphatic heterocycles. The summed E-state index contributed by atoms with van der Waals surface area (Å²) in [5.41, 5.74) is 7.88. The van der Waals surface area contributed by atoms with Gasteiger partial charge in [0.1, 0.15) is 6.07 Å². The molecule has 18 heavy (non-hydrogen) atoms. The Morgan fingerprint density at radius 2 is 2.33 bits per heavy atom. The van der Waals surface area contributed by atoms with Crippen LogP contribution in [0.5, 0.6) is 0 Å². The van der Waals surface area contributed by atoms with Gasteiger partial charge in [-0.05, 0) is 24.1 Å². The van der Waals surface area contributed by atoms with Gasteiger partial charge in [-0.3, -0.25) is 4.79 Å². The number of nitriles is 1. The first-order valence-corrected chi connectivity index (χ1v) is 5.99. The van der Waals surface area contributed by atoms with Crippen LogP contribution in [0, 0.1) is 11.3 Å². The summed E-state index contributed by atoms with van der Waals surface area (Å²) in [6.45, 7) is 2.18. The number of amides is 1. The fourth-order valence-electron chi connectivity index (χ4n) is 2.09. The molecule has 1 aliphatic rings. The van der Waals surface area contributed by atoms with Gasteiger partial charge in [-0.15, -0.1) is 0 Å². The lowest BCUT2D eigenvalue weighted by atomic mass is 10.1. The molecule has 1 aromatic rings. The Morgan fingerprint density at radius 3 is 3.06 bits per heavy atom. The fraction of sp³-hybridized carbons (Fsp3) is 0.385. The van der Waals surface area contributed by atoms with E-state index >= 15 is 0 Å². The van der Waals surface area contributed by atoms with E-state index in [1.807, 2.05) is 17.0 Å². The van der Waals surface area contributed by atoms with Crippen molar-refractivity contribution in [3.05, 3.63) is 29.3 Å². The molecule has 0 bridgehead atoms. The Bertz CT molecular complexity index is 492. The third-order valence-electron chi connectivity index (χ3n) is 3.02. The second-order valence-electron chi connectivity index (χ2n) is 4.29. The Hall–Kier alpha value is -2.06. The molecule has 0 aliphatic carbocycles. The van der Waals surface area contributed by atoms with E-state index in [-0.39, 0.29) is 5.91 Å². The van der Waals surface area contributed by atoms with Crippen LogP contribution in [-0.2, 0) is 11.3 Å². The standard InChI is InChI=1S/C13H16N4O/c14-7-10-2-3-12(11(6-10)8-15)17-5-1-4-16-13(18)9-17/h2-3,6H,1,4-5,7,9,14H2,(H,16,18). The van der Waals surface area contributed by atoms with Gasteiger partial charge in [0.25, 0.3) is 0 Å². The number of hydrogen-bond donors (Lipinski definition) is 2. The van der Waals surface area contributed by atoms with Crippen LogP contribution in [0.25, 0.3) is 0 Å². The number of carbonyl (C=O) groups excluding carboxylic acids is 1. The summed E-state index contributed by atoms with van der Waals surface area (Å²) in [6, 6.07) is 7.74. The lowest BCUT2D eigenvalue weighted by molar-refractivity contribution is -0.119. The Morgan fingerprint density at radius 1 is 1.50 bits per heavy atom. The molecular weight excluding hydrogens is 228 g/mol. The average molecular weight is 244 g/mol. The van der Waals surface area contributed by atoms with Gasteiger partial charge in [0.2, 0.25) is 5.91 Å². The van der Waals surface area contributed by atoms with Gasteiger partial charge in [-0.25, -0.2) is 0 Å². The summed E-state index contributed by atoms with van der Waals surface area (Å²) in [5, 5.41) is 12.0. The third kappa shape index (κ3) is 2.60. The Labute approximate surface area is 106 Å². The average Bonchev–Trinajstić information content (AvgIpc) is 2.62. The first-order valence-electron chi connectivity index (χ1n) is 5.99. The second kappa shape index (κ2) is 5.52. The zero-order chi connectivity index (χ0) is 13.0. The van der Waals surface area contributed by atoms with Gasteiger partial charge in [0, 0.05) is 19.6 Å². The van der Waals surface area contributed by atoms with Crippen LogP contribution >= 0.6 is 0 Å². The van der Waals surface area contributed by atoms with Gasteiger partial charge in [0.15, 0.2) is 0 Å². The monoisotopic (exact) mass is 244 g/mol. The number of nitrogens with two attached hydrogens (primary N) is 1. The van der Waals surface area contributed by atoms with Crippen LogP contribution < -0.4 is 16.0 Å². The Kier molecular flexibility index (Phi) is 3.80. The lowest BCUT2D eigenvalue weighted by Crippen LogP contribution is -2.33. The van der Waals surface area contributed by atoms with Crippen molar-refractivity contribution in [2.75, 3.05) is 24.5 Å². The van der Waals surface area contributed by atoms with Crippen molar-refractivity contribution in [3.8, 4) is 6.07 Å². The second-order valence-corrected chi connectivity index (χ2v) is 4.29. The van der Waals surface area contributed by atoms with Crippen molar-refractivity contribution in [2.45, 2.75) is 13.0 Å². The SMILES string of the molecule is N#Cc1cc(CN)ccc1N1CCCNC(=O)C1. The molecule has 0 spiro atoms. The number of anilines is 1. The van der Waals surface area contributed by atoms with Crippen molar-refractivity contribution in [3.63, 3.8) is 0 Å². The summed E-state index contributed by atoms with van der Waals surface area (Å²) < 4.78 is 0. The molecule has 0 aromatic heterocycles. The van der Waals surface area contributed by atoms with Gasteiger partial charge in [0.05, 0.1) is 17.8 Å². The Balaban J connectivity index is 2.31. The molecule has 2 rings (SSSR count). The van der Waals surface area contributed by atoms with Gasteiger partial charge in [-0.1, -0.05) is 6.07 Å². The highest BCUT2D eigenvalue weighted by atomic mass is 16.2. The van der Waals surface area contributed by atoms with Gasteiger partial charge >= 0.3 is 0 Å². The first-order chi connectivity index (χ1) is 8.74. The summed E-state index contributed by atoms with van der Waals surface area (Å²) >= 11 is 0. The van der Waals surface area contributed by atoms with Crippen molar-refractivity contribution in [1.82, 2.24) is 5.32 Å². The maximum Gasteiger partial charge on any atom is 0.239 e. The molecule has 5 heteroatoms. The van der Waals surface area contributed by atoms with E-state index in [0.29, 0.717) is 25.2 Å². The van der Waals surface area contributed by atoms with E-state index in [0.717, 1.165) is 24.2 Å². The first kappa shape index (κ1) is 12.4. The highest BCUT2D eigenvalue weighted by Gasteiger charge is 2.17. The number of nitrogens with one attached hydrogen (secondary N) is 1. The zero-order valence-electron chi connectivity index (χ0n) is 10.1. The quantitative estimate of drug-likeness (QED) is 0.786. The van der Waals surface area contributed by atoms with E-state index in [4.69, 9.17) is 5.73 Å². The molecule has 94 valence electrons. The molecule has 3 N–H and O–H groups in total. The van der Waals surface area contributed by atoms with Crippen LogP contribution in [0.4, 0.5) is 5.69 Å². The number of rotatable bonds is 2. The van der Waals surface area contributed by atoms with Crippen LogP contribution in [0.1, 0.15) is 17.5 Å². The van der Waals surface area contributed by atoms with E-state index < -0.39 is 0 Å². The molecule has 5 nitrogen and oxygen atoms in total. The molecule has 0 saturated carbocycles. The largest absolute Gasteiger partial charge is 0.361 e. The minimum Gasteiger partial charge on any atom is -0.361 e. The van der Waals surface area contributed by atoms with Crippen LogP contribution in [0.2, 0.25) is 0 Å². The summed E-state index contributed by atoms with van der Waals surface area (Å²) in [4.78, 5) is 13.5. The predicted molar refractivity (Wildman–Crippen MR) is 68.9 cm³/mol. The van der Waals surface area contributed by atoms with Crippen LogP contribution in [0.15, 0.2) is 18.2 Å². The number of hydrogen-bond acceptors (Lipinski definition) is 4. The van der Waals surface area contributed by atoms with Crippen molar-refractivity contribution < 1.29 is 4.79 Å². The molecule has 0 radical (unpaired) electrons. The summed E-state index contributed by atoms with van der Waals surface area (Å²) in [5.74, 6) is -0.000656. The normalized spacial score (nSPS) is 15.8. The number of nitrogens with zero attached hydrogens (tertiary/aromatic N) is 2. The maximum atomic E-state index is 11.5. The number of benzene rings is 1. The lowest BCUT2D eigenvalue weighted by Gasteiger charge is -2.22. The van der Waals surface area contributed by atoms with E-state index in [1.54, 1.807) is 6.07 Å². The molecular formula is C13H16N4O. The maximum absolute atomic E-state index is 11.5. The van der Waals surface area contributed by atoms with Gasteiger partial charge < -0.3 is 16.0 Å². The highest BCUT2D eigenvalue weighted by molar-refractivity contribution is 5.82. The molecule has 1 fully saturated rings. The smallest absolute Gasteiger partial charge is 0.239 e. The summed E-state index contributed by atoms with van der Waals surface area (Å²) in [6.07, 6.45) is 0.884. The van der Waals surface area contributed by atoms with Gasteiger partial charge in [-0.2, -0.15) is 5.26 Å². The fourth-order valence-corrected chi connectivity index (χ4v) is 2.09. The minimum absolute atomic E-state index is 0.000656. The summed E-state index contributed by atoms with van der Waals surface area (Å²) in [7, 11) is 0. The van der Waals surface area contributed by atoms with Crippen molar-refractivity contribution in [2.24, 2.45) is 5.73 Å². The highest BCUT2D eigenvalue weighted by Crippen LogP contribution is 2.22. The molecule has 1 amide bonds. The minimum atomic E-state index is -0.000656. The van der Waals surface area contributed by atoms with Crippen LogP contribution in [-0.4, -0.2) is 25.5 Å². The van der Waals surface area contributed by atoms with Crippen molar-refractivity contribution in [1.29, 1.82) is 5.26 Å². The topological polar surface area (TPSA) is 82.2 Å².